The van der Waals surface area contributed by atoms with Crippen molar-refractivity contribution >= 4 is 11.9 Å². The predicted molar refractivity (Wildman–Crippen MR) is 85.5 cm³/mol. The molecule has 1 N–H and O–H groups in total. The standard InChI is InChI=1S/C18H16O6/c1-2-17(20)22-11-13-3-5-14(6-4-13)18(21)24-16-9-7-15(8-10-16)23-12-19/h2-10,19H,1,11-12H2. The van der Waals surface area contributed by atoms with E-state index in [1.807, 2.05) is 0 Å². The fourth-order valence-corrected chi connectivity index (χ4v) is 1.79. The summed E-state index contributed by atoms with van der Waals surface area (Å²) in [6.07, 6.45) is 1.09. The van der Waals surface area contributed by atoms with E-state index >= 15 is 0 Å². The molecule has 2 aromatic rings. The van der Waals surface area contributed by atoms with Crippen molar-refractivity contribution in [3.05, 3.63) is 72.3 Å². The Morgan fingerprint density at radius 2 is 1.62 bits per heavy atom. The van der Waals surface area contributed by atoms with Gasteiger partial charge in [-0.3, -0.25) is 0 Å². The number of aliphatic hydroxyl groups is 1. The van der Waals surface area contributed by atoms with E-state index in [1.54, 1.807) is 48.5 Å². The van der Waals surface area contributed by atoms with Crippen molar-refractivity contribution in [2.24, 2.45) is 0 Å². The summed E-state index contributed by atoms with van der Waals surface area (Å²) < 4.78 is 15.0. The highest BCUT2D eigenvalue weighted by Crippen LogP contribution is 2.18. The zero-order chi connectivity index (χ0) is 17.4. The first-order valence-corrected chi connectivity index (χ1v) is 7.06. The van der Waals surface area contributed by atoms with Crippen molar-refractivity contribution < 1.29 is 28.9 Å². The number of benzene rings is 2. The fourth-order valence-electron chi connectivity index (χ4n) is 1.79. The molecule has 0 saturated heterocycles. The Balaban J connectivity index is 1.94. The fraction of sp³-hybridized carbons (Fsp3) is 0.111. The van der Waals surface area contributed by atoms with Crippen molar-refractivity contribution in [3.63, 3.8) is 0 Å². The zero-order valence-corrected chi connectivity index (χ0v) is 12.8. The van der Waals surface area contributed by atoms with Gasteiger partial charge in [-0.1, -0.05) is 18.7 Å². The molecule has 0 heterocycles. The van der Waals surface area contributed by atoms with Crippen LogP contribution in [-0.2, 0) is 16.1 Å². The van der Waals surface area contributed by atoms with Gasteiger partial charge in [-0.05, 0) is 42.0 Å². The first-order valence-electron chi connectivity index (χ1n) is 7.06. The Morgan fingerprint density at radius 3 is 2.21 bits per heavy atom. The highest BCUT2D eigenvalue weighted by molar-refractivity contribution is 5.91. The Hall–Kier alpha value is -3.12. The van der Waals surface area contributed by atoms with Gasteiger partial charge in [-0.25, -0.2) is 9.59 Å². The number of hydrogen-bond acceptors (Lipinski definition) is 6. The lowest BCUT2D eigenvalue weighted by Gasteiger charge is -2.07. The molecule has 24 heavy (non-hydrogen) atoms. The van der Waals surface area contributed by atoms with Gasteiger partial charge in [0.1, 0.15) is 18.1 Å². The van der Waals surface area contributed by atoms with E-state index in [2.05, 4.69) is 6.58 Å². The first-order chi connectivity index (χ1) is 11.6. The van der Waals surface area contributed by atoms with Crippen LogP contribution < -0.4 is 9.47 Å². The first kappa shape index (κ1) is 17.2. The number of esters is 2. The van der Waals surface area contributed by atoms with E-state index in [0.717, 1.165) is 11.6 Å². The Bertz CT molecular complexity index is 703. The smallest absolute Gasteiger partial charge is 0.343 e. The molecule has 0 aliphatic rings. The third-order valence-electron chi connectivity index (χ3n) is 3.00. The van der Waals surface area contributed by atoms with Crippen LogP contribution in [0.15, 0.2) is 61.2 Å². The Kier molecular flexibility index (Phi) is 6.10. The Morgan fingerprint density at radius 1 is 1.00 bits per heavy atom. The van der Waals surface area contributed by atoms with E-state index < -0.39 is 18.7 Å². The minimum Gasteiger partial charge on any atom is -0.468 e. The number of aliphatic hydroxyl groups excluding tert-OH is 1. The minimum atomic E-state index is -0.513. The largest absolute Gasteiger partial charge is 0.468 e. The van der Waals surface area contributed by atoms with E-state index in [0.29, 0.717) is 17.1 Å². The second kappa shape index (κ2) is 8.50. The molecule has 0 unspecified atom stereocenters. The van der Waals surface area contributed by atoms with Crippen LogP contribution in [-0.4, -0.2) is 23.8 Å². The van der Waals surface area contributed by atoms with Gasteiger partial charge in [0.15, 0.2) is 6.79 Å². The molecule has 6 nitrogen and oxygen atoms in total. The summed E-state index contributed by atoms with van der Waals surface area (Å²) in [6, 6.07) is 12.8. The number of ether oxygens (including phenoxy) is 3. The van der Waals surface area contributed by atoms with E-state index in [-0.39, 0.29) is 6.61 Å². The predicted octanol–water partition coefficient (Wildman–Crippen LogP) is 2.46. The van der Waals surface area contributed by atoms with Crippen LogP contribution in [0.25, 0.3) is 0 Å². The maximum absolute atomic E-state index is 12.1. The lowest BCUT2D eigenvalue weighted by atomic mass is 10.1. The molecule has 0 radical (unpaired) electrons. The van der Waals surface area contributed by atoms with Crippen LogP contribution in [0.4, 0.5) is 0 Å². The van der Waals surface area contributed by atoms with Crippen LogP contribution in [0, 0.1) is 0 Å². The van der Waals surface area contributed by atoms with Gasteiger partial charge in [-0.2, -0.15) is 0 Å². The van der Waals surface area contributed by atoms with E-state index in [1.165, 1.54) is 0 Å². The van der Waals surface area contributed by atoms with Gasteiger partial charge >= 0.3 is 11.9 Å². The quantitative estimate of drug-likeness (QED) is 0.364. The van der Waals surface area contributed by atoms with Gasteiger partial charge in [0.25, 0.3) is 0 Å². The van der Waals surface area contributed by atoms with Gasteiger partial charge in [0, 0.05) is 6.08 Å². The maximum Gasteiger partial charge on any atom is 0.343 e. The number of carbonyl (C=O) groups excluding carboxylic acids is 2. The molecule has 124 valence electrons. The van der Waals surface area contributed by atoms with Crippen molar-refractivity contribution in [2.45, 2.75) is 6.61 Å². The highest BCUT2D eigenvalue weighted by atomic mass is 16.6. The molecule has 0 aromatic heterocycles. The van der Waals surface area contributed by atoms with Gasteiger partial charge in [0.05, 0.1) is 5.56 Å². The van der Waals surface area contributed by atoms with E-state index in [9.17, 15) is 9.59 Å². The summed E-state index contributed by atoms with van der Waals surface area (Å²) in [7, 11) is 0. The summed E-state index contributed by atoms with van der Waals surface area (Å²) >= 11 is 0. The molecule has 0 fully saturated rings. The van der Waals surface area contributed by atoms with Crippen LogP contribution in [0.1, 0.15) is 15.9 Å². The maximum atomic E-state index is 12.1. The normalized spacial score (nSPS) is 9.88. The number of rotatable bonds is 7. The summed E-state index contributed by atoms with van der Waals surface area (Å²) in [5, 5.41) is 8.65. The highest BCUT2D eigenvalue weighted by Gasteiger charge is 2.09. The van der Waals surface area contributed by atoms with Crippen molar-refractivity contribution in [3.8, 4) is 11.5 Å². The van der Waals surface area contributed by atoms with Crippen LogP contribution in [0.2, 0.25) is 0 Å². The van der Waals surface area contributed by atoms with E-state index in [4.69, 9.17) is 19.3 Å². The molecule has 0 saturated carbocycles. The van der Waals surface area contributed by atoms with Crippen molar-refractivity contribution in [2.75, 3.05) is 6.79 Å². The summed E-state index contributed by atoms with van der Waals surface area (Å²) in [5.74, 6) is -0.197. The minimum absolute atomic E-state index is 0.104. The number of hydrogen-bond donors (Lipinski definition) is 1. The monoisotopic (exact) mass is 328 g/mol. The third kappa shape index (κ3) is 4.96. The second-order valence-corrected chi connectivity index (χ2v) is 4.64. The topological polar surface area (TPSA) is 82.1 Å². The third-order valence-corrected chi connectivity index (χ3v) is 3.00. The Labute approximate surface area is 138 Å². The second-order valence-electron chi connectivity index (χ2n) is 4.64. The average Bonchev–Trinajstić information content (AvgIpc) is 2.62. The summed E-state index contributed by atoms with van der Waals surface area (Å²) in [4.78, 5) is 23.0. The molecule has 2 aromatic carbocycles. The lowest BCUT2D eigenvalue weighted by Crippen LogP contribution is -2.08. The van der Waals surface area contributed by atoms with Gasteiger partial charge in [-0.15, -0.1) is 0 Å². The molecule has 6 heteroatoms. The lowest BCUT2D eigenvalue weighted by molar-refractivity contribution is -0.138. The molecule has 2 rings (SSSR count). The van der Waals surface area contributed by atoms with Gasteiger partial charge in [0.2, 0.25) is 0 Å². The molecule has 0 spiro atoms. The van der Waals surface area contributed by atoms with Crippen LogP contribution in [0.3, 0.4) is 0 Å². The molecular formula is C18H16O6. The summed E-state index contributed by atoms with van der Waals surface area (Å²) in [5.41, 5.74) is 1.11. The molecule has 0 aliphatic heterocycles. The van der Waals surface area contributed by atoms with Crippen LogP contribution in [0.5, 0.6) is 11.5 Å². The summed E-state index contributed by atoms with van der Waals surface area (Å²) in [6.45, 7) is 2.99. The van der Waals surface area contributed by atoms with Crippen molar-refractivity contribution in [1.29, 1.82) is 0 Å². The SMILES string of the molecule is C=CC(=O)OCc1ccc(C(=O)Oc2ccc(OCO)cc2)cc1. The molecule has 0 aliphatic carbocycles. The molecule has 0 atom stereocenters. The molecular weight excluding hydrogens is 312 g/mol. The molecule has 0 amide bonds. The van der Waals surface area contributed by atoms with Crippen LogP contribution >= 0.6 is 0 Å². The van der Waals surface area contributed by atoms with Crippen molar-refractivity contribution in [1.82, 2.24) is 0 Å². The molecule has 0 bridgehead atoms. The number of carbonyl (C=O) groups is 2. The zero-order valence-electron chi connectivity index (χ0n) is 12.8. The average molecular weight is 328 g/mol. The van der Waals surface area contributed by atoms with Gasteiger partial charge < -0.3 is 19.3 Å².